The summed E-state index contributed by atoms with van der Waals surface area (Å²) in [5, 5.41) is 12.1. The molecule has 2 nitrogen and oxygen atoms in total. The Morgan fingerprint density at radius 2 is 2.17 bits per heavy atom. The lowest BCUT2D eigenvalue weighted by Gasteiger charge is -2.55. The molecule has 1 N–H and O–H groups in total. The lowest BCUT2D eigenvalue weighted by molar-refractivity contribution is 0.0446. The first-order valence-electron chi connectivity index (χ1n) is 4.47. The molecule has 66 valence electrons. The molecular weight excluding hydrogens is 150 g/mol. The highest BCUT2D eigenvalue weighted by atomic mass is 16.4. The van der Waals surface area contributed by atoms with E-state index in [0.717, 1.165) is 5.71 Å². The van der Waals surface area contributed by atoms with Crippen LogP contribution in [0.25, 0.3) is 0 Å². The predicted molar refractivity (Wildman–Crippen MR) is 48.4 cm³/mol. The summed E-state index contributed by atoms with van der Waals surface area (Å²) in [6.45, 7) is 6.65. The monoisotopic (exact) mass is 165 g/mol. The molecule has 0 radical (unpaired) electrons. The highest BCUT2D eigenvalue weighted by Crippen LogP contribution is 2.57. The van der Waals surface area contributed by atoms with Crippen molar-refractivity contribution in [1.82, 2.24) is 0 Å². The summed E-state index contributed by atoms with van der Waals surface area (Å²) in [6.07, 6.45) is 3.21. The van der Waals surface area contributed by atoms with E-state index >= 15 is 0 Å². The van der Waals surface area contributed by atoms with Crippen molar-refractivity contribution in [3.8, 4) is 0 Å². The molecule has 0 spiro atoms. The summed E-state index contributed by atoms with van der Waals surface area (Å²) in [4.78, 5) is 0. The Hall–Kier alpha value is -0.790. The van der Waals surface area contributed by atoms with Gasteiger partial charge in [0, 0.05) is 5.92 Å². The van der Waals surface area contributed by atoms with Crippen molar-refractivity contribution in [1.29, 1.82) is 0 Å². The van der Waals surface area contributed by atoms with Gasteiger partial charge >= 0.3 is 0 Å². The summed E-state index contributed by atoms with van der Waals surface area (Å²) in [5.74, 6) is 1.20. The van der Waals surface area contributed by atoms with Crippen LogP contribution in [0.4, 0.5) is 0 Å². The number of allylic oxidation sites excluding steroid dienone is 2. The van der Waals surface area contributed by atoms with Crippen LogP contribution in [0, 0.1) is 17.3 Å². The van der Waals surface area contributed by atoms with Gasteiger partial charge < -0.3 is 5.21 Å². The van der Waals surface area contributed by atoms with E-state index in [0.29, 0.717) is 17.3 Å². The van der Waals surface area contributed by atoms with E-state index in [9.17, 15) is 0 Å². The molecule has 0 saturated heterocycles. The molecule has 3 aliphatic rings. The molecule has 0 aromatic heterocycles. The van der Waals surface area contributed by atoms with Gasteiger partial charge in [0.2, 0.25) is 0 Å². The molecule has 0 aromatic carbocycles. The van der Waals surface area contributed by atoms with Gasteiger partial charge in [-0.15, -0.1) is 0 Å². The summed E-state index contributed by atoms with van der Waals surface area (Å²) < 4.78 is 0. The average Bonchev–Trinajstić information content (AvgIpc) is 2.02. The van der Waals surface area contributed by atoms with Crippen LogP contribution in [-0.2, 0) is 0 Å². The number of hydrogen-bond donors (Lipinski definition) is 1. The third kappa shape index (κ3) is 0.728. The Kier molecular flexibility index (Phi) is 1.39. The molecule has 3 rings (SSSR count). The minimum atomic E-state index is 0.320. The number of hydrogen-bond acceptors (Lipinski definition) is 2. The van der Waals surface area contributed by atoms with Gasteiger partial charge in [0.1, 0.15) is 0 Å². The van der Waals surface area contributed by atoms with E-state index in [1.165, 1.54) is 12.0 Å². The Morgan fingerprint density at radius 1 is 1.50 bits per heavy atom. The van der Waals surface area contributed by atoms with Crippen molar-refractivity contribution in [3.63, 3.8) is 0 Å². The number of nitrogens with zero attached hydrogens (tertiary/aromatic N) is 1. The zero-order valence-electron chi connectivity index (χ0n) is 7.83. The third-order valence-electron chi connectivity index (χ3n) is 3.67. The van der Waals surface area contributed by atoms with E-state index in [1.54, 1.807) is 0 Å². The number of rotatable bonds is 0. The average molecular weight is 165 g/mol. The second kappa shape index (κ2) is 2.12. The molecule has 0 unspecified atom stereocenters. The molecule has 0 amide bonds. The second-order valence-corrected chi connectivity index (χ2v) is 4.58. The smallest absolute Gasteiger partial charge is 0.0831 e. The van der Waals surface area contributed by atoms with Crippen LogP contribution in [0.5, 0.6) is 0 Å². The molecule has 12 heavy (non-hydrogen) atoms. The maximum atomic E-state index is 8.78. The largest absolute Gasteiger partial charge is 0.411 e. The van der Waals surface area contributed by atoms with Gasteiger partial charge in [0.05, 0.1) is 5.71 Å². The topological polar surface area (TPSA) is 32.6 Å². The Morgan fingerprint density at radius 3 is 2.58 bits per heavy atom. The fourth-order valence-corrected chi connectivity index (χ4v) is 2.73. The minimum absolute atomic E-state index is 0.320. The molecule has 2 bridgehead atoms. The van der Waals surface area contributed by atoms with Crippen molar-refractivity contribution in [3.05, 3.63) is 11.6 Å². The fourth-order valence-electron chi connectivity index (χ4n) is 2.73. The lowest BCUT2D eigenvalue weighted by atomic mass is 9.48. The maximum Gasteiger partial charge on any atom is 0.0831 e. The zero-order chi connectivity index (χ0) is 8.93. The SMILES string of the molecule is CC1=C/C(=N\O)[C@H]2C[C@@H]1C2(C)C. The summed E-state index contributed by atoms with van der Waals surface area (Å²) >= 11 is 0. The molecular formula is C10H15NO. The van der Waals surface area contributed by atoms with Crippen molar-refractivity contribution < 1.29 is 5.21 Å². The third-order valence-corrected chi connectivity index (χ3v) is 3.67. The lowest BCUT2D eigenvalue weighted by Crippen LogP contribution is -2.52. The van der Waals surface area contributed by atoms with Gasteiger partial charge in [-0.05, 0) is 30.8 Å². The first kappa shape index (κ1) is 7.84. The standard InChI is InChI=1S/C10H15NO/c1-6-4-9(11-12)8-5-7(6)10(8,2)3/h4,7-8,12H,5H2,1-3H3/b11-9+/t7-,8+/m0/s1. The van der Waals surface area contributed by atoms with Crippen LogP contribution in [0.2, 0.25) is 0 Å². The van der Waals surface area contributed by atoms with Crippen molar-refractivity contribution >= 4 is 5.71 Å². The Labute approximate surface area is 73.0 Å². The summed E-state index contributed by atoms with van der Waals surface area (Å²) in [6, 6.07) is 0. The molecule has 2 heteroatoms. The predicted octanol–water partition coefficient (Wildman–Crippen LogP) is 2.44. The Bertz CT molecular complexity index is 276. The summed E-state index contributed by atoms with van der Waals surface area (Å²) in [5.41, 5.74) is 2.57. The molecule has 0 heterocycles. The highest BCUT2D eigenvalue weighted by Gasteiger charge is 2.53. The van der Waals surface area contributed by atoms with Gasteiger partial charge in [-0.3, -0.25) is 0 Å². The van der Waals surface area contributed by atoms with E-state index in [1.807, 2.05) is 6.08 Å². The van der Waals surface area contributed by atoms with Crippen LogP contribution in [0.1, 0.15) is 27.2 Å². The van der Waals surface area contributed by atoms with E-state index < -0.39 is 0 Å². The first-order valence-corrected chi connectivity index (χ1v) is 4.47. The number of oxime groups is 1. The second-order valence-electron chi connectivity index (χ2n) is 4.58. The maximum absolute atomic E-state index is 8.78. The molecule has 0 aliphatic heterocycles. The number of fused-ring (bicyclic) bond motifs is 1. The van der Waals surface area contributed by atoms with Gasteiger partial charge in [-0.2, -0.15) is 0 Å². The molecule has 0 aromatic rings. The van der Waals surface area contributed by atoms with Gasteiger partial charge in [0.15, 0.2) is 0 Å². The van der Waals surface area contributed by atoms with Crippen LogP contribution >= 0.6 is 0 Å². The van der Waals surface area contributed by atoms with Crippen molar-refractivity contribution in [2.24, 2.45) is 22.4 Å². The molecule has 3 aliphatic carbocycles. The minimum Gasteiger partial charge on any atom is -0.411 e. The van der Waals surface area contributed by atoms with Gasteiger partial charge in [0.25, 0.3) is 0 Å². The van der Waals surface area contributed by atoms with E-state index in [-0.39, 0.29) is 0 Å². The molecule has 1 fully saturated rings. The first-order chi connectivity index (χ1) is 5.57. The van der Waals surface area contributed by atoms with Crippen LogP contribution in [0.15, 0.2) is 16.8 Å². The van der Waals surface area contributed by atoms with E-state index in [4.69, 9.17) is 5.21 Å². The van der Waals surface area contributed by atoms with Crippen LogP contribution in [0.3, 0.4) is 0 Å². The fraction of sp³-hybridized carbons (Fsp3) is 0.700. The normalized spacial score (nSPS) is 40.6. The Balaban J connectivity index is 2.42. The van der Waals surface area contributed by atoms with Crippen molar-refractivity contribution in [2.75, 3.05) is 0 Å². The van der Waals surface area contributed by atoms with E-state index in [2.05, 4.69) is 25.9 Å². The van der Waals surface area contributed by atoms with Crippen LogP contribution < -0.4 is 0 Å². The quantitative estimate of drug-likeness (QED) is 0.434. The van der Waals surface area contributed by atoms with Gasteiger partial charge in [-0.25, -0.2) is 0 Å². The van der Waals surface area contributed by atoms with Crippen LogP contribution in [-0.4, -0.2) is 10.9 Å². The summed E-state index contributed by atoms with van der Waals surface area (Å²) in [7, 11) is 0. The molecule has 1 saturated carbocycles. The van der Waals surface area contributed by atoms with Crippen molar-refractivity contribution in [2.45, 2.75) is 27.2 Å². The highest BCUT2D eigenvalue weighted by molar-refractivity contribution is 6.00. The zero-order valence-corrected chi connectivity index (χ0v) is 7.83. The van der Waals surface area contributed by atoms with Gasteiger partial charge in [-0.1, -0.05) is 24.6 Å². The molecule has 2 atom stereocenters.